The molecule has 0 unspecified atom stereocenters. The average molecular weight is 112 g/mol. The summed E-state index contributed by atoms with van der Waals surface area (Å²) in [6, 6.07) is 0. The second-order valence-corrected chi connectivity index (χ2v) is 0.896. The fourth-order valence-corrected chi connectivity index (χ4v) is 0.0945. The highest BCUT2D eigenvalue weighted by atomic mass is 35.5. The zero-order valence-corrected chi connectivity index (χ0v) is 4.43. The molecule has 2 heteroatoms. The van der Waals surface area contributed by atoms with Crippen LogP contribution in [-0.4, -0.2) is 6.67 Å². The van der Waals surface area contributed by atoms with Crippen LogP contribution in [0.1, 0.15) is 12.8 Å². The van der Waals surface area contributed by atoms with Crippen LogP contribution in [0.5, 0.6) is 0 Å². The van der Waals surface area contributed by atoms with Crippen molar-refractivity contribution >= 4 is 12.4 Å². The zero-order chi connectivity index (χ0) is 4.12. The second kappa shape index (κ2) is 8.97. The molecule has 0 aliphatic rings. The number of hydrogen-bond donors (Lipinski definition) is 0. The lowest BCUT2D eigenvalue weighted by molar-refractivity contribution is 0.475. The molecule has 0 atom stereocenters. The van der Waals surface area contributed by atoms with E-state index < -0.39 is 0 Å². The summed E-state index contributed by atoms with van der Waals surface area (Å²) in [4.78, 5) is 0. The van der Waals surface area contributed by atoms with Crippen LogP contribution in [0.25, 0.3) is 0 Å². The summed E-state index contributed by atoms with van der Waals surface area (Å²) in [6.07, 6.45) is 1.33. The molecule has 0 amide bonds. The first kappa shape index (κ1) is 9.52. The third-order valence-electron chi connectivity index (χ3n) is 0.384. The van der Waals surface area contributed by atoms with Crippen molar-refractivity contribution in [3.63, 3.8) is 0 Å². The van der Waals surface area contributed by atoms with Gasteiger partial charge in [0.1, 0.15) is 0 Å². The van der Waals surface area contributed by atoms with Gasteiger partial charge >= 0.3 is 0 Å². The van der Waals surface area contributed by atoms with E-state index >= 15 is 0 Å². The van der Waals surface area contributed by atoms with Crippen molar-refractivity contribution in [3.8, 4) is 0 Å². The van der Waals surface area contributed by atoms with Gasteiger partial charge in [-0.3, -0.25) is 4.39 Å². The molecule has 0 nitrogen and oxygen atoms in total. The summed E-state index contributed by atoms with van der Waals surface area (Å²) in [7, 11) is 0. The third kappa shape index (κ3) is 8.88. The summed E-state index contributed by atoms with van der Waals surface area (Å²) < 4.78 is 11.0. The van der Waals surface area contributed by atoms with E-state index in [0.717, 1.165) is 6.42 Å². The molecule has 0 saturated heterocycles. The molecule has 0 aromatic carbocycles. The Morgan fingerprint density at radius 1 is 1.50 bits per heavy atom. The maximum Gasteiger partial charge on any atom is 0.0894 e. The van der Waals surface area contributed by atoms with Crippen LogP contribution in [-0.2, 0) is 0 Å². The molecule has 0 aromatic rings. The van der Waals surface area contributed by atoms with E-state index in [1.807, 2.05) is 0 Å². The fraction of sp³-hybridized carbons (Fsp3) is 0.750. The number of halogens is 2. The summed E-state index contributed by atoms with van der Waals surface area (Å²) in [5, 5.41) is 0. The first-order valence-electron chi connectivity index (χ1n) is 1.77. The van der Waals surface area contributed by atoms with Crippen LogP contribution < -0.4 is 0 Å². The van der Waals surface area contributed by atoms with Crippen molar-refractivity contribution in [2.45, 2.75) is 12.8 Å². The molecule has 39 valence electrons. The lowest BCUT2D eigenvalue weighted by Gasteiger charge is -1.76. The van der Waals surface area contributed by atoms with Gasteiger partial charge in [-0.05, 0) is 6.42 Å². The SMILES string of the molecule is Cl.[CH2]CCCF. The van der Waals surface area contributed by atoms with Gasteiger partial charge in [-0.1, -0.05) is 13.3 Å². The molecule has 0 spiro atoms. The minimum Gasteiger partial charge on any atom is -0.251 e. The molecule has 0 heterocycles. The number of unbranched alkanes of at least 4 members (excludes halogenated alkanes) is 1. The molecule has 6 heavy (non-hydrogen) atoms. The fourth-order valence-electron chi connectivity index (χ4n) is 0.0945. The van der Waals surface area contributed by atoms with Crippen LogP contribution in [0, 0.1) is 6.92 Å². The highest BCUT2D eigenvalue weighted by molar-refractivity contribution is 5.85. The standard InChI is InChI=1S/C4H8F.ClH/c1-2-3-4-5;/h1-4H2;1H. The Bertz CT molecular complexity index is 15.0. The Kier molecular flexibility index (Phi) is 14.2. The van der Waals surface area contributed by atoms with Gasteiger partial charge in [0.2, 0.25) is 0 Å². The predicted molar refractivity (Wildman–Crippen MR) is 27.8 cm³/mol. The maximum absolute atomic E-state index is 11.0. The Morgan fingerprint density at radius 2 is 2.00 bits per heavy atom. The smallest absolute Gasteiger partial charge is 0.0894 e. The Labute approximate surface area is 44.2 Å². The topological polar surface area (TPSA) is 0 Å². The van der Waals surface area contributed by atoms with E-state index in [1.54, 1.807) is 0 Å². The first-order valence-corrected chi connectivity index (χ1v) is 1.77. The van der Waals surface area contributed by atoms with E-state index in [9.17, 15) is 4.39 Å². The van der Waals surface area contributed by atoms with E-state index in [1.165, 1.54) is 0 Å². The van der Waals surface area contributed by atoms with Gasteiger partial charge in [0, 0.05) is 0 Å². The molecule has 0 rings (SSSR count). The Hall–Kier alpha value is 0.220. The largest absolute Gasteiger partial charge is 0.251 e. The summed E-state index contributed by atoms with van der Waals surface area (Å²) in [6.45, 7) is 3.22. The van der Waals surface area contributed by atoms with Gasteiger partial charge in [0.05, 0.1) is 6.67 Å². The van der Waals surface area contributed by atoms with Crippen molar-refractivity contribution in [1.82, 2.24) is 0 Å². The summed E-state index contributed by atoms with van der Waals surface area (Å²) in [5.74, 6) is 0. The van der Waals surface area contributed by atoms with Crippen molar-refractivity contribution in [3.05, 3.63) is 6.92 Å². The second-order valence-electron chi connectivity index (χ2n) is 0.896. The molecule has 1 radical (unpaired) electrons. The zero-order valence-electron chi connectivity index (χ0n) is 3.61. The van der Waals surface area contributed by atoms with Gasteiger partial charge in [0.25, 0.3) is 0 Å². The lowest BCUT2D eigenvalue weighted by atomic mass is 10.4. The van der Waals surface area contributed by atoms with E-state index in [2.05, 4.69) is 6.92 Å². The monoisotopic (exact) mass is 111 g/mol. The maximum atomic E-state index is 11.0. The van der Waals surface area contributed by atoms with Crippen LogP contribution in [0.2, 0.25) is 0 Å². The van der Waals surface area contributed by atoms with Gasteiger partial charge in [-0.25, -0.2) is 0 Å². The molecular weight excluding hydrogens is 102 g/mol. The van der Waals surface area contributed by atoms with Crippen molar-refractivity contribution in [2.75, 3.05) is 6.67 Å². The van der Waals surface area contributed by atoms with Crippen molar-refractivity contribution in [2.24, 2.45) is 0 Å². The molecular formula is C4H9ClF. The molecule has 0 fully saturated rings. The molecule has 0 saturated carbocycles. The lowest BCUT2D eigenvalue weighted by Crippen LogP contribution is -1.67. The van der Waals surface area contributed by atoms with Crippen LogP contribution >= 0.6 is 12.4 Å². The molecule has 0 aliphatic carbocycles. The van der Waals surface area contributed by atoms with Gasteiger partial charge in [-0.2, -0.15) is 0 Å². The van der Waals surface area contributed by atoms with Crippen molar-refractivity contribution < 1.29 is 4.39 Å². The molecule has 0 aliphatic heterocycles. The third-order valence-corrected chi connectivity index (χ3v) is 0.384. The average Bonchev–Trinajstić information content (AvgIpc) is 1.41. The molecule has 0 N–H and O–H groups in total. The van der Waals surface area contributed by atoms with Crippen molar-refractivity contribution in [1.29, 1.82) is 0 Å². The van der Waals surface area contributed by atoms with E-state index in [-0.39, 0.29) is 19.1 Å². The summed E-state index contributed by atoms with van der Waals surface area (Å²) >= 11 is 0. The highest BCUT2D eigenvalue weighted by Crippen LogP contribution is 1.82. The number of rotatable bonds is 2. The quantitative estimate of drug-likeness (QED) is 0.511. The normalized spacial score (nSPS) is 7.00. The summed E-state index contributed by atoms with van der Waals surface area (Å²) in [5.41, 5.74) is 0. The molecule has 0 bridgehead atoms. The van der Waals surface area contributed by atoms with Gasteiger partial charge in [-0.15, -0.1) is 12.4 Å². The van der Waals surface area contributed by atoms with Gasteiger partial charge in [0.15, 0.2) is 0 Å². The number of hydrogen-bond acceptors (Lipinski definition) is 0. The Morgan fingerprint density at radius 3 is 2.00 bits per heavy atom. The van der Waals surface area contributed by atoms with Crippen LogP contribution in [0.3, 0.4) is 0 Å². The number of alkyl halides is 1. The Balaban J connectivity index is 0. The minimum absolute atomic E-state index is 0. The highest BCUT2D eigenvalue weighted by Gasteiger charge is 1.71. The first-order chi connectivity index (χ1) is 2.41. The minimum atomic E-state index is -0.219. The van der Waals surface area contributed by atoms with E-state index in [0.29, 0.717) is 6.42 Å². The van der Waals surface area contributed by atoms with E-state index in [4.69, 9.17) is 0 Å². The van der Waals surface area contributed by atoms with Gasteiger partial charge < -0.3 is 0 Å². The van der Waals surface area contributed by atoms with Crippen LogP contribution in [0.4, 0.5) is 4.39 Å². The predicted octanol–water partition coefficient (Wildman–Crippen LogP) is 1.99. The molecule has 0 aromatic heterocycles. The van der Waals surface area contributed by atoms with Crippen LogP contribution in [0.15, 0.2) is 0 Å².